The van der Waals surface area contributed by atoms with Gasteiger partial charge >= 0.3 is 5.97 Å². The van der Waals surface area contributed by atoms with Crippen molar-refractivity contribution >= 4 is 17.8 Å². The zero-order valence-electron chi connectivity index (χ0n) is 13.8. The van der Waals surface area contributed by atoms with Gasteiger partial charge in [-0.15, -0.1) is 0 Å². The van der Waals surface area contributed by atoms with Crippen molar-refractivity contribution in [3.05, 3.63) is 35.4 Å². The molecule has 2 amide bonds. The van der Waals surface area contributed by atoms with E-state index in [1.54, 1.807) is 39.1 Å². The summed E-state index contributed by atoms with van der Waals surface area (Å²) in [5, 5.41) is 14.3. The molecular weight excluding hydrogens is 296 g/mol. The predicted molar refractivity (Wildman–Crippen MR) is 87.2 cm³/mol. The number of aryl methyl sites for hydroxylation is 1. The average molecular weight is 320 g/mol. The third-order valence-electron chi connectivity index (χ3n) is 3.71. The van der Waals surface area contributed by atoms with Crippen molar-refractivity contribution in [2.45, 2.75) is 33.1 Å². The minimum atomic E-state index is -0.877. The second-order valence-corrected chi connectivity index (χ2v) is 6.07. The van der Waals surface area contributed by atoms with Gasteiger partial charge in [-0.3, -0.25) is 14.4 Å². The highest BCUT2D eigenvalue weighted by molar-refractivity contribution is 5.94. The number of carboxylic acids is 1. The highest BCUT2D eigenvalue weighted by Gasteiger charge is 2.26. The van der Waals surface area contributed by atoms with Crippen molar-refractivity contribution in [1.82, 2.24) is 10.6 Å². The Hall–Kier alpha value is -2.37. The Morgan fingerprint density at radius 1 is 1.22 bits per heavy atom. The van der Waals surface area contributed by atoms with Gasteiger partial charge in [0, 0.05) is 25.6 Å². The van der Waals surface area contributed by atoms with Crippen LogP contribution in [-0.4, -0.2) is 36.5 Å². The number of carbonyl (C=O) groups is 3. The number of hydrogen-bond acceptors (Lipinski definition) is 3. The molecule has 6 nitrogen and oxygen atoms in total. The number of hydrogen-bond donors (Lipinski definition) is 3. The van der Waals surface area contributed by atoms with E-state index < -0.39 is 11.4 Å². The van der Waals surface area contributed by atoms with Gasteiger partial charge in [-0.05, 0) is 44.4 Å². The zero-order chi connectivity index (χ0) is 17.5. The quantitative estimate of drug-likeness (QED) is 0.678. The molecule has 0 spiro atoms. The van der Waals surface area contributed by atoms with E-state index >= 15 is 0 Å². The molecule has 0 atom stereocenters. The van der Waals surface area contributed by atoms with E-state index in [0.717, 1.165) is 5.56 Å². The van der Waals surface area contributed by atoms with Gasteiger partial charge in [-0.1, -0.05) is 12.1 Å². The average Bonchev–Trinajstić information content (AvgIpc) is 2.52. The summed E-state index contributed by atoms with van der Waals surface area (Å²) >= 11 is 0. The molecule has 0 radical (unpaired) electrons. The van der Waals surface area contributed by atoms with Crippen LogP contribution >= 0.6 is 0 Å². The van der Waals surface area contributed by atoms with E-state index in [0.29, 0.717) is 31.4 Å². The molecule has 23 heavy (non-hydrogen) atoms. The number of carbonyl (C=O) groups excluding carboxylic acids is 2. The van der Waals surface area contributed by atoms with Crippen molar-refractivity contribution in [3.8, 4) is 0 Å². The Morgan fingerprint density at radius 3 is 2.52 bits per heavy atom. The normalized spacial score (nSPS) is 10.9. The summed E-state index contributed by atoms with van der Waals surface area (Å²) in [5.41, 5.74) is 0.621. The number of rotatable bonds is 8. The monoisotopic (exact) mass is 320 g/mol. The molecule has 0 unspecified atom stereocenters. The molecule has 3 N–H and O–H groups in total. The molecule has 126 valence electrons. The van der Waals surface area contributed by atoms with E-state index in [4.69, 9.17) is 5.11 Å². The van der Waals surface area contributed by atoms with Crippen molar-refractivity contribution in [2.75, 3.05) is 13.6 Å². The molecule has 0 fully saturated rings. The molecule has 1 rings (SSSR count). The smallest absolute Gasteiger partial charge is 0.309 e. The molecule has 0 aromatic heterocycles. The van der Waals surface area contributed by atoms with Crippen molar-refractivity contribution in [3.63, 3.8) is 0 Å². The fourth-order valence-electron chi connectivity index (χ4n) is 1.98. The SMILES string of the molecule is CNC(=O)c1cccc(CCC(=O)NCCC(C)(C)C(=O)O)c1. The van der Waals surface area contributed by atoms with E-state index in [1.807, 2.05) is 6.07 Å². The van der Waals surface area contributed by atoms with Gasteiger partial charge in [0.05, 0.1) is 5.41 Å². The first-order valence-electron chi connectivity index (χ1n) is 7.57. The van der Waals surface area contributed by atoms with Crippen LogP contribution in [0.25, 0.3) is 0 Å². The second kappa shape index (κ2) is 8.31. The van der Waals surface area contributed by atoms with Crippen molar-refractivity contribution in [1.29, 1.82) is 0 Å². The van der Waals surface area contributed by atoms with E-state index in [9.17, 15) is 14.4 Å². The number of benzene rings is 1. The minimum absolute atomic E-state index is 0.128. The van der Waals surface area contributed by atoms with Gasteiger partial charge in [-0.2, -0.15) is 0 Å². The number of amides is 2. The maximum absolute atomic E-state index is 11.8. The summed E-state index contributed by atoms with van der Waals surface area (Å²) < 4.78 is 0. The summed E-state index contributed by atoms with van der Waals surface area (Å²) in [6, 6.07) is 7.14. The molecule has 0 saturated heterocycles. The molecule has 0 bridgehead atoms. The van der Waals surface area contributed by atoms with Gasteiger partial charge in [0.2, 0.25) is 5.91 Å². The van der Waals surface area contributed by atoms with Gasteiger partial charge in [0.1, 0.15) is 0 Å². The lowest BCUT2D eigenvalue weighted by atomic mass is 9.90. The predicted octanol–water partition coefficient (Wildman–Crippen LogP) is 1.60. The zero-order valence-corrected chi connectivity index (χ0v) is 13.8. The molecule has 0 aliphatic carbocycles. The first kappa shape index (κ1) is 18.7. The standard InChI is InChI=1S/C17H24N2O4/c1-17(2,16(22)23)9-10-19-14(20)8-7-12-5-4-6-13(11-12)15(21)18-3/h4-6,11H,7-10H2,1-3H3,(H,18,21)(H,19,20)(H,22,23). The highest BCUT2D eigenvalue weighted by Crippen LogP contribution is 2.19. The molecule has 0 saturated carbocycles. The topological polar surface area (TPSA) is 95.5 Å². The molecule has 6 heteroatoms. The van der Waals surface area contributed by atoms with Crippen molar-refractivity contribution < 1.29 is 19.5 Å². The van der Waals surface area contributed by atoms with Crippen molar-refractivity contribution in [2.24, 2.45) is 5.41 Å². The van der Waals surface area contributed by atoms with Crippen LogP contribution in [0.2, 0.25) is 0 Å². The Balaban J connectivity index is 2.42. The Bertz CT molecular complexity index is 582. The molecule has 1 aromatic carbocycles. The molecule has 0 aliphatic heterocycles. The van der Waals surface area contributed by atoms with Crippen LogP contribution in [-0.2, 0) is 16.0 Å². The first-order valence-corrected chi connectivity index (χ1v) is 7.57. The van der Waals surface area contributed by atoms with E-state index in [1.165, 1.54) is 0 Å². The largest absolute Gasteiger partial charge is 0.481 e. The van der Waals surface area contributed by atoms with Gasteiger partial charge < -0.3 is 15.7 Å². The van der Waals surface area contributed by atoms with Gasteiger partial charge in [0.25, 0.3) is 5.91 Å². The Morgan fingerprint density at radius 2 is 1.91 bits per heavy atom. The number of aliphatic carboxylic acids is 1. The first-order chi connectivity index (χ1) is 10.8. The van der Waals surface area contributed by atoms with Crippen LogP contribution in [0.1, 0.15) is 42.6 Å². The fraction of sp³-hybridized carbons (Fsp3) is 0.471. The maximum Gasteiger partial charge on any atom is 0.309 e. The van der Waals surface area contributed by atoms with Crippen LogP contribution in [0.5, 0.6) is 0 Å². The van der Waals surface area contributed by atoms with Crippen LogP contribution in [0.15, 0.2) is 24.3 Å². The Labute approximate surface area is 136 Å². The number of carboxylic acid groups (broad SMARTS) is 1. The summed E-state index contributed by atoms with van der Waals surface area (Å²) in [6.45, 7) is 3.59. The lowest BCUT2D eigenvalue weighted by Gasteiger charge is -2.18. The summed E-state index contributed by atoms with van der Waals surface area (Å²) in [6.07, 6.45) is 1.20. The summed E-state index contributed by atoms with van der Waals surface area (Å²) in [5.74, 6) is -1.17. The molecule has 1 aromatic rings. The molecular formula is C17H24N2O4. The van der Waals surface area contributed by atoms with E-state index in [-0.39, 0.29) is 11.8 Å². The fourth-order valence-corrected chi connectivity index (χ4v) is 1.98. The summed E-state index contributed by atoms with van der Waals surface area (Å²) in [7, 11) is 1.57. The molecule has 0 heterocycles. The third-order valence-corrected chi connectivity index (χ3v) is 3.71. The molecule has 0 aliphatic rings. The Kier molecular flexibility index (Phi) is 6.75. The van der Waals surface area contributed by atoms with Crippen LogP contribution < -0.4 is 10.6 Å². The lowest BCUT2D eigenvalue weighted by molar-refractivity contribution is -0.147. The van der Waals surface area contributed by atoms with Gasteiger partial charge in [0.15, 0.2) is 0 Å². The highest BCUT2D eigenvalue weighted by atomic mass is 16.4. The van der Waals surface area contributed by atoms with Gasteiger partial charge in [-0.25, -0.2) is 0 Å². The number of nitrogens with one attached hydrogen (secondary N) is 2. The second-order valence-electron chi connectivity index (χ2n) is 6.07. The van der Waals surface area contributed by atoms with Crippen LogP contribution in [0.3, 0.4) is 0 Å². The minimum Gasteiger partial charge on any atom is -0.481 e. The maximum atomic E-state index is 11.8. The third kappa shape index (κ3) is 6.10. The van der Waals surface area contributed by atoms with Crippen LogP contribution in [0, 0.1) is 5.41 Å². The van der Waals surface area contributed by atoms with Crippen LogP contribution in [0.4, 0.5) is 0 Å². The lowest BCUT2D eigenvalue weighted by Crippen LogP contribution is -2.32. The summed E-state index contributed by atoms with van der Waals surface area (Å²) in [4.78, 5) is 34.3. The van der Waals surface area contributed by atoms with E-state index in [2.05, 4.69) is 10.6 Å².